The molecule has 0 radical (unpaired) electrons. The van der Waals surface area contributed by atoms with E-state index in [0.717, 1.165) is 12.1 Å². The lowest BCUT2D eigenvalue weighted by Gasteiger charge is -2.13. The van der Waals surface area contributed by atoms with E-state index < -0.39 is 17.7 Å². The smallest absolute Gasteiger partial charge is 0.131 e. The third kappa shape index (κ3) is 3.53. The number of halogens is 2. The first-order valence-corrected chi connectivity index (χ1v) is 6.18. The first kappa shape index (κ1) is 14.4. The van der Waals surface area contributed by atoms with E-state index in [0.29, 0.717) is 12.1 Å². The minimum absolute atomic E-state index is 0.0381. The quantitative estimate of drug-likeness (QED) is 0.788. The van der Waals surface area contributed by atoms with E-state index in [1.54, 1.807) is 24.3 Å². The lowest BCUT2D eigenvalue weighted by Crippen LogP contribution is -2.21. The Labute approximate surface area is 115 Å². The Hall–Kier alpha value is -1.98. The predicted molar refractivity (Wildman–Crippen MR) is 71.1 cm³/mol. The second-order valence-electron chi connectivity index (χ2n) is 4.44. The average Bonchev–Trinajstić information content (AvgIpc) is 2.40. The van der Waals surface area contributed by atoms with Crippen molar-refractivity contribution in [3.05, 3.63) is 65.2 Å². The molecule has 2 aromatic carbocycles. The molecule has 0 amide bonds. The summed E-state index contributed by atoms with van der Waals surface area (Å²) < 4.78 is 26.2. The van der Waals surface area contributed by atoms with Gasteiger partial charge in [-0.25, -0.2) is 8.78 Å². The summed E-state index contributed by atoms with van der Waals surface area (Å²) in [6.45, 7) is 0.434. The van der Waals surface area contributed by atoms with Gasteiger partial charge in [0.2, 0.25) is 0 Å². The average molecular weight is 279 g/mol. The molecule has 20 heavy (non-hydrogen) atoms. The summed E-state index contributed by atoms with van der Waals surface area (Å²) in [6, 6.07) is 9.86. The molecule has 106 valence electrons. The van der Waals surface area contributed by atoms with Crippen LogP contribution in [0.25, 0.3) is 0 Å². The number of aliphatic hydroxyl groups excluding tert-OH is 1. The van der Waals surface area contributed by atoms with Crippen molar-refractivity contribution in [1.82, 2.24) is 5.32 Å². The summed E-state index contributed by atoms with van der Waals surface area (Å²) in [6.07, 6.45) is -1.08. The van der Waals surface area contributed by atoms with Crippen molar-refractivity contribution >= 4 is 0 Å². The van der Waals surface area contributed by atoms with Crippen LogP contribution >= 0.6 is 0 Å². The molecule has 3 nitrogen and oxygen atoms in total. The lowest BCUT2D eigenvalue weighted by atomic mass is 10.1. The maximum absolute atomic E-state index is 13.4. The van der Waals surface area contributed by atoms with Gasteiger partial charge in [0.1, 0.15) is 17.4 Å². The molecule has 0 saturated carbocycles. The molecule has 0 aliphatic carbocycles. The first-order chi connectivity index (χ1) is 9.58. The lowest BCUT2D eigenvalue weighted by molar-refractivity contribution is 0.169. The van der Waals surface area contributed by atoms with Gasteiger partial charge in [0.05, 0.1) is 6.10 Å². The molecule has 3 N–H and O–H groups in total. The Kier molecular flexibility index (Phi) is 4.65. The van der Waals surface area contributed by atoms with Gasteiger partial charge in [-0.05, 0) is 12.1 Å². The largest absolute Gasteiger partial charge is 0.508 e. The molecule has 5 heteroatoms. The van der Waals surface area contributed by atoms with Crippen molar-refractivity contribution in [2.24, 2.45) is 0 Å². The van der Waals surface area contributed by atoms with E-state index in [1.165, 1.54) is 6.07 Å². The number of benzene rings is 2. The Morgan fingerprint density at radius 1 is 1.10 bits per heavy atom. The number of phenols is 1. The zero-order chi connectivity index (χ0) is 14.5. The molecule has 2 rings (SSSR count). The van der Waals surface area contributed by atoms with E-state index in [9.17, 15) is 19.0 Å². The number of hydrogen-bond donors (Lipinski definition) is 3. The Morgan fingerprint density at radius 2 is 1.85 bits per heavy atom. The molecule has 0 bridgehead atoms. The molecular weight excluding hydrogens is 264 g/mol. The monoisotopic (exact) mass is 279 g/mol. The molecule has 0 aliphatic heterocycles. The van der Waals surface area contributed by atoms with Crippen LogP contribution in [-0.2, 0) is 6.54 Å². The normalized spacial score (nSPS) is 12.3. The number of hydrogen-bond acceptors (Lipinski definition) is 3. The third-order valence-corrected chi connectivity index (χ3v) is 2.97. The van der Waals surface area contributed by atoms with Crippen molar-refractivity contribution in [3.63, 3.8) is 0 Å². The van der Waals surface area contributed by atoms with Crippen LogP contribution in [0.5, 0.6) is 5.75 Å². The highest BCUT2D eigenvalue weighted by Gasteiger charge is 2.13. The maximum atomic E-state index is 13.4. The van der Waals surface area contributed by atoms with Crippen molar-refractivity contribution in [2.75, 3.05) is 6.54 Å². The van der Waals surface area contributed by atoms with Crippen LogP contribution in [0, 0.1) is 11.6 Å². The van der Waals surface area contributed by atoms with Gasteiger partial charge in [0, 0.05) is 30.3 Å². The van der Waals surface area contributed by atoms with Crippen LogP contribution in [0.4, 0.5) is 8.78 Å². The van der Waals surface area contributed by atoms with Crippen LogP contribution in [0.1, 0.15) is 17.2 Å². The Balaban J connectivity index is 1.92. The summed E-state index contributed by atoms with van der Waals surface area (Å²) in [7, 11) is 0. The third-order valence-electron chi connectivity index (χ3n) is 2.97. The van der Waals surface area contributed by atoms with Crippen LogP contribution in [0.2, 0.25) is 0 Å². The van der Waals surface area contributed by atoms with Crippen LogP contribution < -0.4 is 5.32 Å². The van der Waals surface area contributed by atoms with E-state index in [2.05, 4.69) is 5.32 Å². The van der Waals surface area contributed by atoms with E-state index >= 15 is 0 Å². The van der Waals surface area contributed by atoms with Crippen molar-refractivity contribution < 1.29 is 19.0 Å². The Morgan fingerprint density at radius 3 is 2.55 bits per heavy atom. The molecule has 0 aromatic heterocycles. The zero-order valence-corrected chi connectivity index (χ0v) is 10.7. The fraction of sp³-hybridized carbons (Fsp3) is 0.200. The number of nitrogens with one attached hydrogen (secondary N) is 1. The second kappa shape index (κ2) is 6.45. The van der Waals surface area contributed by atoms with Gasteiger partial charge in [0.15, 0.2) is 0 Å². The SMILES string of the molecule is Oc1ccccc1CNCC(O)c1ccc(F)cc1F. The molecule has 0 spiro atoms. The highest BCUT2D eigenvalue weighted by Crippen LogP contribution is 2.18. The van der Waals surface area contributed by atoms with Crippen LogP contribution in [-0.4, -0.2) is 16.8 Å². The number of para-hydroxylation sites is 1. The molecule has 2 aromatic rings. The van der Waals surface area contributed by atoms with Gasteiger partial charge < -0.3 is 15.5 Å². The highest BCUT2D eigenvalue weighted by atomic mass is 19.1. The molecule has 0 heterocycles. The molecular formula is C15H15F2NO2. The van der Waals surface area contributed by atoms with E-state index in [4.69, 9.17) is 0 Å². The summed E-state index contributed by atoms with van der Waals surface area (Å²) in [4.78, 5) is 0. The Bertz CT molecular complexity index is 590. The minimum atomic E-state index is -1.08. The van der Waals surface area contributed by atoms with Gasteiger partial charge in [-0.3, -0.25) is 0 Å². The van der Waals surface area contributed by atoms with Gasteiger partial charge in [-0.15, -0.1) is 0 Å². The molecule has 1 unspecified atom stereocenters. The summed E-state index contributed by atoms with van der Waals surface area (Å²) >= 11 is 0. The topological polar surface area (TPSA) is 52.5 Å². The van der Waals surface area contributed by atoms with Gasteiger partial charge in [0.25, 0.3) is 0 Å². The summed E-state index contributed by atoms with van der Waals surface area (Å²) in [5.74, 6) is -1.30. The number of aromatic hydroxyl groups is 1. The van der Waals surface area contributed by atoms with Gasteiger partial charge in [-0.1, -0.05) is 24.3 Å². The first-order valence-electron chi connectivity index (χ1n) is 6.18. The van der Waals surface area contributed by atoms with Crippen molar-refractivity contribution in [3.8, 4) is 5.75 Å². The minimum Gasteiger partial charge on any atom is -0.508 e. The fourth-order valence-electron chi connectivity index (χ4n) is 1.89. The molecule has 0 aliphatic rings. The van der Waals surface area contributed by atoms with Gasteiger partial charge >= 0.3 is 0 Å². The predicted octanol–water partition coefficient (Wildman–Crippen LogP) is 2.49. The van der Waals surface area contributed by atoms with Gasteiger partial charge in [-0.2, -0.15) is 0 Å². The van der Waals surface area contributed by atoms with Crippen molar-refractivity contribution in [1.29, 1.82) is 0 Å². The molecule has 1 atom stereocenters. The molecule has 0 saturated heterocycles. The standard InChI is InChI=1S/C15H15F2NO2/c16-11-5-6-12(13(17)7-11)15(20)9-18-8-10-3-1-2-4-14(10)19/h1-7,15,18-20H,8-9H2. The van der Waals surface area contributed by atoms with Crippen LogP contribution in [0.15, 0.2) is 42.5 Å². The summed E-state index contributed by atoms with van der Waals surface area (Å²) in [5, 5.41) is 22.3. The van der Waals surface area contributed by atoms with E-state index in [1.807, 2.05) is 0 Å². The highest BCUT2D eigenvalue weighted by molar-refractivity contribution is 5.31. The fourth-order valence-corrected chi connectivity index (χ4v) is 1.89. The maximum Gasteiger partial charge on any atom is 0.131 e. The zero-order valence-electron chi connectivity index (χ0n) is 10.7. The molecule has 0 fully saturated rings. The van der Waals surface area contributed by atoms with Crippen molar-refractivity contribution in [2.45, 2.75) is 12.6 Å². The van der Waals surface area contributed by atoms with E-state index in [-0.39, 0.29) is 17.9 Å². The summed E-state index contributed by atoms with van der Waals surface area (Å²) in [5.41, 5.74) is 0.718. The second-order valence-corrected chi connectivity index (χ2v) is 4.44. The number of aliphatic hydroxyl groups is 1. The number of rotatable bonds is 5. The van der Waals surface area contributed by atoms with Crippen LogP contribution in [0.3, 0.4) is 0 Å². The number of phenolic OH excluding ortho intramolecular Hbond substituents is 1.